The van der Waals surface area contributed by atoms with Gasteiger partial charge in [0.05, 0.1) is 34.0 Å². The van der Waals surface area contributed by atoms with E-state index in [1.54, 1.807) is 18.2 Å². The molecule has 0 aliphatic rings. The van der Waals surface area contributed by atoms with E-state index in [9.17, 15) is 8.42 Å². The van der Waals surface area contributed by atoms with Gasteiger partial charge in [0.15, 0.2) is 23.1 Å². The van der Waals surface area contributed by atoms with Crippen molar-refractivity contribution < 1.29 is 27.4 Å². The van der Waals surface area contributed by atoms with Crippen LogP contribution in [0.4, 0.5) is 5.82 Å². The Morgan fingerprint density at radius 1 is 0.735 bits per heavy atom. The summed E-state index contributed by atoms with van der Waals surface area (Å²) in [5.74, 6) is 1.81. The van der Waals surface area contributed by atoms with Crippen LogP contribution in [0.1, 0.15) is 0 Å². The van der Waals surface area contributed by atoms with Crippen molar-refractivity contribution in [3.8, 4) is 34.4 Å². The fraction of sp³-hybridized carbons (Fsp3) is 0.167. The van der Waals surface area contributed by atoms with Gasteiger partial charge in [-0.15, -0.1) is 0 Å². The molecule has 3 aromatic carbocycles. The highest BCUT2D eigenvalue weighted by atomic mass is 32.2. The molecule has 0 aliphatic carbocycles. The van der Waals surface area contributed by atoms with E-state index in [-0.39, 0.29) is 16.5 Å². The second-order valence-corrected chi connectivity index (χ2v) is 8.76. The van der Waals surface area contributed by atoms with Gasteiger partial charge in [0, 0.05) is 23.1 Å². The third kappa shape index (κ3) is 4.40. The Morgan fingerprint density at radius 2 is 1.41 bits per heavy atom. The zero-order valence-electron chi connectivity index (χ0n) is 19.0. The van der Waals surface area contributed by atoms with Crippen molar-refractivity contribution in [3.63, 3.8) is 0 Å². The van der Waals surface area contributed by atoms with Crippen LogP contribution in [0.3, 0.4) is 0 Å². The number of ether oxygens (including phenoxy) is 4. The van der Waals surface area contributed by atoms with Gasteiger partial charge in [-0.25, -0.2) is 18.4 Å². The Labute approximate surface area is 197 Å². The lowest BCUT2D eigenvalue weighted by Gasteiger charge is -2.16. The zero-order chi connectivity index (χ0) is 24.3. The standard InChI is InChI=1S/C24H23N3O6S/c1-30-16-10-11-19(31-2)22(12-16)34(28,29)27-24-17-13-20(32-3)21(33-4)14-18(17)25-23(26-24)15-8-6-5-7-9-15/h5-14H,1-4H3,(H,25,26,27). The molecule has 176 valence electrons. The van der Waals surface area contributed by atoms with Crippen molar-refractivity contribution in [2.75, 3.05) is 33.2 Å². The minimum atomic E-state index is -4.13. The highest BCUT2D eigenvalue weighted by Gasteiger charge is 2.24. The van der Waals surface area contributed by atoms with Crippen LogP contribution in [0, 0.1) is 0 Å². The SMILES string of the molecule is COc1ccc(OC)c(S(=O)(=O)Nc2nc(-c3ccccc3)nc3cc(OC)c(OC)cc23)c1. The van der Waals surface area contributed by atoms with Crippen molar-refractivity contribution >= 4 is 26.7 Å². The lowest BCUT2D eigenvalue weighted by Crippen LogP contribution is -2.16. The molecule has 10 heteroatoms. The summed E-state index contributed by atoms with van der Waals surface area (Å²) in [5, 5.41) is 0.433. The van der Waals surface area contributed by atoms with Gasteiger partial charge in [0.25, 0.3) is 10.0 Å². The molecule has 0 saturated carbocycles. The van der Waals surface area contributed by atoms with Crippen LogP contribution in [0.15, 0.2) is 65.6 Å². The smallest absolute Gasteiger partial charge is 0.266 e. The third-order valence-electron chi connectivity index (χ3n) is 5.12. The monoisotopic (exact) mass is 481 g/mol. The summed E-state index contributed by atoms with van der Waals surface area (Å²) in [4.78, 5) is 9.07. The van der Waals surface area contributed by atoms with E-state index >= 15 is 0 Å². The lowest BCUT2D eigenvalue weighted by atomic mass is 10.1. The van der Waals surface area contributed by atoms with Crippen molar-refractivity contribution in [1.29, 1.82) is 0 Å². The number of hydrogen-bond acceptors (Lipinski definition) is 8. The Balaban J connectivity index is 1.93. The summed E-state index contributed by atoms with van der Waals surface area (Å²) in [6.07, 6.45) is 0. The number of hydrogen-bond donors (Lipinski definition) is 1. The average Bonchev–Trinajstić information content (AvgIpc) is 2.87. The first-order chi connectivity index (χ1) is 16.4. The molecule has 0 radical (unpaired) electrons. The molecule has 1 aromatic heterocycles. The van der Waals surface area contributed by atoms with E-state index in [4.69, 9.17) is 18.9 Å². The van der Waals surface area contributed by atoms with Crippen LogP contribution in [0.2, 0.25) is 0 Å². The molecule has 0 aliphatic heterocycles. The van der Waals surface area contributed by atoms with E-state index in [0.717, 1.165) is 5.56 Å². The van der Waals surface area contributed by atoms with Crippen molar-refractivity contribution in [1.82, 2.24) is 9.97 Å². The van der Waals surface area contributed by atoms with Crippen LogP contribution in [0.25, 0.3) is 22.3 Å². The first kappa shape index (κ1) is 23.1. The number of fused-ring (bicyclic) bond motifs is 1. The maximum Gasteiger partial charge on any atom is 0.266 e. The second-order valence-electron chi connectivity index (χ2n) is 7.11. The van der Waals surface area contributed by atoms with Gasteiger partial charge in [-0.3, -0.25) is 4.72 Å². The fourth-order valence-electron chi connectivity index (χ4n) is 3.43. The van der Waals surface area contributed by atoms with Crippen molar-refractivity contribution in [3.05, 3.63) is 60.7 Å². The molecule has 0 unspecified atom stereocenters. The van der Waals surface area contributed by atoms with Gasteiger partial charge in [-0.2, -0.15) is 0 Å². The summed E-state index contributed by atoms with van der Waals surface area (Å²) in [6, 6.07) is 17.1. The topological polar surface area (TPSA) is 109 Å². The van der Waals surface area contributed by atoms with E-state index in [2.05, 4.69) is 14.7 Å². The predicted molar refractivity (Wildman–Crippen MR) is 128 cm³/mol. The molecule has 34 heavy (non-hydrogen) atoms. The van der Waals surface area contributed by atoms with Crippen LogP contribution < -0.4 is 23.7 Å². The molecule has 1 heterocycles. The van der Waals surface area contributed by atoms with E-state index in [1.165, 1.54) is 40.6 Å². The summed E-state index contributed by atoms with van der Waals surface area (Å²) in [7, 11) is 1.73. The maximum absolute atomic E-state index is 13.5. The van der Waals surface area contributed by atoms with E-state index < -0.39 is 10.0 Å². The van der Waals surface area contributed by atoms with Crippen LogP contribution in [0.5, 0.6) is 23.0 Å². The average molecular weight is 482 g/mol. The third-order valence-corrected chi connectivity index (χ3v) is 6.48. The number of anilines is 1. The fourth-order valence-corrected chi connectivity index (χ4v) is 4.63. The van der Waals surface area contributed by atoms with E-state index in [0.29, 0.717) is 34.0 Å². The minimum Gasteiger partial charge on any atom is -0.497 e. The number of aromatic nitrogens is 2. The highest BCUT2D eigenvalue weighted by molar-refractivity contribution is 7.92. The summed E-state index contributed by atoms with van der Waals surface area (Å²) >= 11 is 0. The number of benzene rings is 3. The molecule has 4 aromatic rings. The van der Waals surface area contributed by atoms with Gasteiger partial charge in [-0.05, 0) is 18.2 Å². The zero-order valence-corrected chi connectivity index (χ0v) is 19.8. The molecule has 0 atom stereocenters. The number of nitrogens with zero attached hydrogens (tertiary/aromatic N) is 2. The number of nitrogens with one attached hydrogen (secondary N) is 1. The normalized spacial score (nSPS) is 11.2. The Morgan fingerprint density at radius 3 is 2.06 bits per heavy atom. The number of methoxy groups -OCH3 is 4. The van der Waals surface area contributed by atoms with Crippen molar-refractivity contribution in [2.24, 2.45) is 0 Å². The first-order valence-electron chi connectivity index (χ1n) is 10.1. The van der Waals surface area contributed by atoms with E-state index in [1.807, 2.05) is 30.3 Å². The quantitative estimate of drug-likeness (QED) is 0.400. The molecule has 0 bridgehead atoms. The van der Waals surface area contributed by atoms with Crippen LogP contribution in [-0.2, 0) is 10.0 Å². The molecule has 4 rings (SSSR count). The number of sulfonamides is 1. The number of rotatable bonds is 8. The Kier molecular flexibility index (Phi) is 6.42. The van der Waals surface area contributed by atoms with Crippen LogP contribution in [-0.4, -0.2) is 46.8 Å². The molecular formula is C24H23N3O6S. The summed E-state index contributed by atoms with van der Waals surface area (Å²) in [6.45, 7) is 0. The van der Waals surface area contributed by atoms with Gasteiger partial charge in [0.2, 0.25) is 0 Å². The molecule has 0 saturated heterocycles. The summed E-state index contributed by atoms with van der Waals surface area (Å²) in [5.41, 5.74) is 1.19. The molecule has 0 amide bonds. The first-order valence-corrected chi connectivity index (χ1v) is 11.6. The molecule has 1 N–H and O–H groups in total. The second kappa shape index (κ2) is 9.44. The lowest BCUT2D eigenvalue weighted by molar-refractivity contribution is 0.356. The maximum atomic E-state index is 13.5. The van der Waals surface area contributed by atoms with Gasteiger partial charge >= 0.3 is 0 Å². The van der Waals surface area contributed by atoms with Crippen molar-refractivity contribution in [2.45, 2.75) is 4.90 Å². The highest BCUT2D eigenvalue weighted by Crippen LogP contribution is 2.37. The predicted octanol–water partition coefficient (Wildman–Crippen LogP) is 4.13. The van der Waals surface area contributed by atoms with Crippen LogP contribution >= 0.6 is 0 Å². The Bertz CT molecular complexity index is 1440. The van der Waals surface area contributed by atoms with Gasteiger partial charge in [-0.1, -0.05) is 30.3 Å². The molecular weight excluding hydrogens is 458 g/mol. The molecule has 0 fully saturated rings. The Hall–Kier alpha value is -4.05. The van der Waals surface area contributed by atoms with Gasteiger partial charge in [0.1, 0.15) is 16.4 Å². The van der Waals surface area contributed by atoms with Gasteiger partial charge < -0.3 is 18.9 Å². The molecule has 9 nitrogen and oxygen atoms in total. The largest absolute Gasteiger partial charge is 0.497 e. The molecule has 0 spiro atoms. The summed E-state index contributed by atoms with van der Waals surface area (Å²) < 4.78 is 50.8. The minimum absolute atomic E-state index is 0.0784.